The van der Waals surface area contributed by atoms with E-state index >= 15 is 0 Å². The van der Waals surface area contributed by atoms with Gasteiger partial charge >= 0.3 is 0 Å². The Morgan fingerprint density at radius 3 is 0.985 bits per heavy atom. The Balaban J connectivity index is 3.49. The number of hydrogen-bond acceptors (Lipinski definition) is 4. The van der Waals surface area contributed by atoms with Crippen molar-refractivity contribution in [2.24, 2.45) is 0 Å². The number of rotatable bonds is 56. The van der Waals surface area contributed by atoms with Crippen molar-refractivity contribution < 1.29 is 20.1 Å². The van der Waals surface area contributed by atoms with Crippen molar-refractivity contribution in [2.45, 2.75) is 347 Å². The molecule has 5 heteroatoms. The van der Waals surface area contributed by atoms with Gasteiger partial charge in [-0.2, -0.15) is 0 Å². The van der Waals surface area contributed by atoms with Crippen LogP contribution in [0.5, 0.6) is 0 Å². The second-order valence-electron chi connectivity index (χ2n) is 21.0. The molecule has 0 rings (SSSR count). The summed E-state index contributed by atoms with van der Waals surface area (Å²) in [5.74, 6) is -0.312. The van der Waals surface area contributed by atoms with E-state index in [0.29, 0.717) is 6.42 Å². The van der Waals surface area contributed by atoms with Gasteiger partial charge in [0.2, 0.25) is 5.91 Å². The van der Waals surface area contributed by atoms with Crippen molar-refractivity contribution in [1.29, 1.82) is 0 Å². The SMILES string of the molecule is CCCCCCCCCCCCCCC/C=C/C(O)C(CO)NC(=O)CC(O)CCCCCCCCCCCCCCCCC/C=C\C/C=C\CCCCCCCCCCCCCCCCC. The van der Waals surface area contributed by atoms with Gasteiger partial charge < -0.3 is 20.6 Å². The first kappa shape index (κ1) is 65.6. The van der Waals surface area contributed by atoms with Crippen molar-refractivity contribution >= 4 is 5.91 Å². The molecular formula is C62H119NO4. The summed E-state index contributed by atoms with van der Waals surface area (Å²) in [4.78, 5) is 12.5. The van der Waals surface area contributed by atoms with Crippen molar-refractivity contribution in [1.82, 2.24) is 5.32 Å². The molecule has 67 heavy (non-hydrogen) atoms. The number of unbranched alkanes of at least 4 members (excludes halogenated alkanes) is 43. The van der Waals surface area contributed by atoms with Crippen LogP contribution in [0.2, 0.25) is 0 Å². The van der Waals surface area contributed by atoms with Gasteiger partial charge in [-0.05, 0) is 51.4 Å². The summed E-state index contributed by atoms with van der Waals surface area (Å²) in [5, 5.41) is 33.4. The Hall–Kier alpha value is -1.43. The number of carbonyl (C=O) groups is 1. The molecule has 0 spiro atoms. The second kappa shape index (κ2) is 57.2. The number of nitrogens with one attached hydrogen (secondary N) is 1. The monoisotopic (exact) mass is 942 g/mol. The van der Waals surface area contributed by atoms with E-state index in [1.54, 1.807) is 6.08 Å². The number of hydrogen-bond donors (Lipinski definition) is 4. The van der Waals surface area contributed by atoms with Crippen LogP contribution in [0.1, 0.15) is 328 Å². The van der Waals surface area contributed by atoms with Crippen LogP contribution in [0.4, 0.5) is 0 Å². The van der Waals surface area contributed by atoms with Gasteiger partial charge in [0.05, 0.1) is 31.3 Å². The first-order chi connectivity index (χ1) is 33.0. The molecule has 0 aromatic heterocycles. The van der Waals surface area contributed by atoms with Gasteiger partial charge in [-0.1, -0.05) is 307 Å². The van der Waals surface area contributed by atoms with Gasteiger partial charge in [0, 0.05) is 0 Å². The van der Waals surface area contributed by atoms with E-state index in [1.165, 1.54) is 270 Å². The topological polar surface area (TPSA) is 89.8 Å². The zero-order valence-electron chi connectivity index (χ0n) is 45.3. The van der Waals surface area contributed by atoms with Crippen LogP contribution in [0.15, 0.2) is 36.5 Å². The van der Waals surface area contributed by atoms with E-state index < -0.39 is 18.2 Å². The third kappa shape index (κ3) is 53.8. The van der Waals surface area contributed by atoms with Crippen LogP contribution >= 0.6 is 0 Å². The molecule has 4 N–H and O–H groups in total. The molecule has 0 saturated carbocycles. The van der Waals surface area contributed by atoms with Crippen LogP contribution in [0.3, 0.4) is 0 Å². The highest BCUT2D eigenvalue weighted by Gasteiger charge is 2.20. The lowest BCUT2D eigenvalue weighted by Gasteiger charge is -2.21. The summed E-state index contributed by atoms with van der Waals surface area (Å²) >= 11 is 0. The lowest BCUT2D eigenvalue weighted by atomic mass is 10.0. The highest BCUT2D eigenvalue weighted by atomic mass is 16.3. The maximum absolute atomic E-state index is 12.5. The van der Waals surface area contributed by atoms with Gasteiger partial charge in [0.15, 0.2) is 0 Å². The minimum Gasteiger partial charge on any atom is -0.394 e. The Morgan fingerprint density at radius 2 is 0.672 bits per heavy atom. The van der Waals surface area contributed by atoms with E-state index in [9.17, 15) is 20.1 Å². The van der Waals surface area contributed by atoms with Crippen LogP contribution in [0, 0.1) is 0 Å². The molecule has 396 valence electrons. The fraction of sp³-hybridized carbons (Fsp3) is 0.887. The van der Waals surface area contributed by atoms with Crippen molar-refractivity contribution in [3.8, 4) is 0 Å². The van der Waals surface area contributed by atoms with Crippen LogP contribution in [-0.2, 0) is 4.79 Å². The number of amides is 1. The number of allylic oxidation sites excluding steroid dienone is 5. The van der Waals surface area contributed by atoms with Gasteiger partial charge in [-0.15, -0.1) is 0 Å². The van der Waals surface area contributed by atoms with Gasteiger partial charge in [0.25, 0.3) is 0 Å². The molecule has 0 bridgehead atoms. The third-order valence-corrected chi connectivity index (χ3v) is 14.2. The third-order valence-electron chi connectivity index (χ3n) is 14.2. The molecule has 0 heterocycles. The fourth-order valence-electron chi connectivity index (χ4n) is 9.55. The zero-order chi connectivity index (χ0) is 48.6. The number of carbonyl (C=O) groups excluding carboxylic acids is 1. The predicted octanol–water partition coefficient (Wildman–Crippen LogP) is 19.0. The fourth-order valence-corrected chi connectivity index (χ4v) is 9.55. The molecule has 0 fully saturated rings. The summed E-state index contributed by atoms with van der Waals surface area (Å²) in [6, 6.07) is -0.744. The molecule has 0 aliphatic heterocycles. The average Bonchev–Trinajstić information content (AvgIpc) is 3.32. The average molecular weight is 943 g/mol. The van der Waals surface area contributed by atoms with E-state index in [-0.39, 0.29) is 18.9 Å². The van der Waals surface area contributed by atoms with E-state index in [2.05, 4.69) is 43.5 Å². The standard InChI is InChI=1S/C62H119NO4/c1-3-5-7-9-11-13-15-17-19-20-21-22-23-24-25-26-27-28-29-30-31-32-33-34-35-36-37-38-39-40-42-43-45-47-49-51-53-55-59(65)57-62(67)63-60(58-64)61(66)56-54-52-50-48-46-44-41-18-16-14-12-10-8-6-4-2/h27-28,30-31,54,56,59-61,64-66H,3-26,29,32-53,55,57-58H2,1-2H3,(H,63,67)/b28-27-,31-30-,56-54+. The lowest BCUT2D eigenvalue weighted by molar-refractivity contribution is -0.124. The minimum atomic E-state index is -0.928. The highest BCUT2D eigenvalue weighted by Crippen LogP contribution is 2.18. The van der Waals surface area contributed by atoms with Crippen LogP contribution in [0.25, 0.3) is 0 Å². The molecule has 3 atom stereocenters. The Morgan fingerprint density at radius 1 is 0.388 bits per heavy atom. The summed E-state index contributed by atoms with van der Waals surface area (Å²) in [7, 11) is 0. The quantitative estimate of drug-likeness (QED) is 0.0361. The Kier molecular flexibility index (Phi) is 55.9. The summed E-state index contributed by atoms with van der Waals surface area (Å²) in [6.45, 7) is 4.24. The van der Waals surface area contributed by atoms with Crippen LogP contribution in [-0.4, -0.2) is 46.1 Å². The molecular weight excluding hydrogens is 823 g/mol. The second-order valence-corrected chi connectivity index (χ2v) is 21.0. The van der Waals surface area contributed by atoms with Crippen LogP contribution < -0.4 is 5.32 Å². The smallest absolute Gasteiger partial charge is 0.222 e. The number of aliphatic hydroxyl groups is 3. The molecule has 5 nitrogen and oxygen atoms in total. The van der Waals surface area contributed by atoms with Crippen molar-refractivity contribution in [3.63, 3.8) is 0 Å². The normalized spacial score (nSPS) is 13.4. The predicted molar refractivity (Wildman–Crippen MR) is 296 cm³/mol. The Labute approximate surface area is 419 Å². The Bertz CT molecular complexity index is 1040. The van der Waals surface area contributed by atoms with Crippen molar-refractivity contribution in [2.75, 3.05) is 6.61 Å². The first-order valence-corrected chi connectivity index (χ1v) is 30.3. The van der Waals surface area contributed by atoms with Gasteiger partial charge in [0.1, 0.15) is 0 Å². The van der Waals surface area contributed by atoms with E-state index in [1.807, 2.05) is 6.08 Å². The molecule has 0 aliphatic rings. The lowest BCUT2D eigenvalue weighted by Crippen LogP contribution is -2.45. The maximum Gasteiger partial charge on any atom is 0.222 e. The molecule has 1 amide bonds. The molecule has 3 unspecified atom stereocenters. The van der Waals surface area contributed by atoms with Gasteiger partial charge in [-0.25, -0.2) is 0 Å². The summed E-state index contributed by atoms with van der Waals surface area (Å²) in [6.07, 6.45) is 75.0. The minimum absolute atomic E-state index is 0.0152. The van der Waals surface area contributed by atoms with E-state index in [0.717, 1.165) is 32.1 Å². The molecule has 0 aromatic carbocycles. The zero-order valence-corrected chi connectivity index (χ0v) is 45.3. The van der Waals surface area contributed by atoms with Gasteiger partial charge in [-0.3, -0.25) is 4.79 Å². The number of aliphatic hydroxyl groups excluding tert-OH is 3. The van der Waals surface area contributed by atoms with E-state index in [4.69, 9.17) is 0 Å². The first-order valence-electron chi connectivity index (χ1n) is 30.3. The molecule has 0 aromatic rings. The van der Waals surface area contributed by atoms with Crippen molar-refractivity contribution in [3.05, 3.63) is 36.5 Å². The largest absolute Gasteiger partial charge is 0.394 e. The highest BCUT2D eigenvalue weighted by molar-refractivity contribution is 5.76. The maximum atomic E-state index is 12.5. The molecule has 0 saturated heterocycles. The summed E-state index contributed by atoms with van der Waals surface area (Å²) < 4.78 is 0. The molecule has 0 aliphatic carbocycles. The summed E-state index contributed by atoms with van der Waals surface area (Å²) in [5.41, 5.74) is 0. The molecule has 0 radical (unpaired) electrons.